The Kier molecular flexibility index (Phi) is 5.07. The van der Waals surface area contributed by atoms with Crippen LogP contribution in [0.2, 0.25) is 0 Å². The van der Waals surface area contributed by atoms with Crippen LogP contribution in [-0.2, 0) is 17.8 Å². The summed E-state index contributed by atoms with van der Waals surface area (Å²) in [5, 5.41) is 13.3. The standard InChI is InChI=1S/C21H22N6O2/c1-15-18(25-26-24-15)19(28)27-13-21(14-27,11-16-7-3-2-4-8-16)20(29)23-12-17-9-5-6-10-22-17/h2-10H,11-14H2,1H3,(H,23,29)(H,24,25,26). The van der Waals surface area contributed by atoms with Gasteiger partial charge in [-0.15, -0.1) is 0 Å². The van der Waals surface area contributed by atoms with Crippen LogP contribution in [-0.4, -0.2) is 50.2 Å². The molecule has 0 aliphatic carbocycles. The van der Waals surface area contributed by atoms with Gasteiger partial charge in [-0.2, -0.15) is 15.4 Å². The molecule has 0 radical (unpaired) electrons. The molecule has 2 amide bonds. The van der Waals surface area contributed by atoms with Gasteiger partial charge in [-0.05, 0) is 31.0 Å². The number of aromatic nitrogens is 4. The number of likely N-dealkylation sites (tertiary alicyclic amines) is 1. The summed E-state index contributed by atoms with van der Waals surface area (Å²) >= 11 is 0. The molecule has 0 unspecified atom stereocenters. The first-order valence-corrected chi connectivity index (χ1v) is 9.46. The van der Waals surface area contributed by atoms with Crippen LogP contribution in [0, 0.1) is 12.3 Å². The molecule has 3 heterocycles. The van der Waals surface area contributed by atoms with Crippen molar-refractivity contribution in [2.75, 3.05) is 13.1 Å². The lowest BCUT2D eigenvalue weighted by molar-refractivity contribution is -0.139. The molecule has 1 aliphatic rings. The molecular formula is C21H22N6O2. The fraction of sp³-hybridized carbons (Fsp3) is 0.286. The van der Waals surface area contributed by atoms with Crippen molar-refractivity contribution in [1.82, 2.24) is 30.6 Å². The molecule has 0 spiro atoms. The normalized spacial score (nSPS) is 14.9. The quantitative estimate of drug-likeness (QED) is 0.664. The Morgan fingerprint density at radius 2 is 1.86 bits per heavy atom. The number of aryl methyl sites for hydroxylation is 1. The van der Waals surface area contributed by atoms with Gasteiger partial charge in [-0.3, -0.25) is 14.6 Å². The first-order valence-electron chi connectivity index (χ1n) is 9.46. The summed E-state index contributed by atoms with van der Waals surface area (Å²) in [6.07, 6.45) is 2.26. The van der Waals surface area contributed by atoms with Crippen molar-refractivity contribution >= 4 is 11.8 Å². The third-order valence-electron chi connectivity index (χ3n) is 5.22. The number of hydrogen-bond acceptors (Lipinski definition) is 5. The van der Waals surface area contributed by atoms with Gasteiger partial charge < -0.3 is 10.2 Å². The lowest BCUT2D eigenvalue weighted by Gasteiger charge is -2.48. The third-order valence-corrected chi connectivity index (χ3v) is 5.22. The minimum Gasteiger partial charge on any atom is -0.350 e. The highest BCUT2D eigenvalue weighted by molar-refractivity contribution is 5.96. The van der Waals surface area contributed by atoms with E-state index in [1.54, 1.807) is 18.0 Å². The van der Waals surface area contributed by atoms with Crippen molar-refractivity contribution in [3.8, 4) is 0 Å². The molecule has 3 aromatic rings. The van der Waals surface area contributed by atoms with Crippen molar-refractivity contribution in [3.63, 3.8) is 0 Å². The van der Waals surface area contributed by atoms with E-state index in [0.717, 1.165) is 11.3 Å². The van der Waals surface area contributed by atoms with Crippen LogP contribution < -0.4 is 5.32 Å². The second-order valence-electron chi connectivity index (χ2n) is 7.37. The Morgan fingerprint density at radius 1 is 1.10 bits per heavy atom. The summed E-state index contributed by atoms with van der Waals surface area (Å²) < 4.78 is 0. The molecule has 1 saturated heterocycles. The van der Waals surface area contributed by atoms with Gasteiger partial charge in [0.2, 0.25) is 5.91 Å². The second-order valence-corrected chi connectivity index (χ2v) is 7.37. The van der Waals surface area contributed by atoms with Gasteiger partial charge in [-0.25, -0.2) is 0 Å². The minimum atomic E-state index is -0.677. The fourth-order valence-corrected chi connectivity index (χ4v) is 3.65. The summed E-state index contributed by atoms with van der Waals surface area (Å²) in [7, 11) is 0. The second kappa shape index (κ2) is 7.83. The predicted octanol–water partition coefficient (Wildman–Crippen LogP) is 1.51. The topological polar surface area (TPSA) is 104 Å². The molecule has 0 atom stereocenters. The summed E-state index contributed by atoms with van der Waals surface area (Å²) in [5.74, 6) is -0.287. The highest BCUT2D eigenvalue weighted by Gasteiger charge is 2.51. The van der Waals surface area contributed by atoms with Crippen LogP contribution in [0.4, 0.5) is 0 Å². The molecule has 148 valence electrons. The number of pyridine rings is 1. The monoisotopic (exact) mass is 390 g/mol. The number of nitrogens with one attached hydrogen (secondary N) is 2. The van der Waals surface area contributed by atoms with E-state index in [1.807, 2.05) is 48.5 Å². The van der Waals surface area contributed by atoms with Gasteiger partial charge in [0.25, 0.3) is 5.91 Å². The maximum atomic E-state index is 13.1. The molecule has 4 rings (SSSR count). The van der Waals surface area contributed by atoms with Crippen molar-refractivity contribution in [1.29, 1.82) is 0 Å². The van der Waals surface area contributed by atoms with Crippen LogP contribution in [0.15, 0.2) is 54.7 Å². The average Bonchev–Trinajstić information content (AvgIpc) is 3.15. The highest BCUT2D eigenvalue weighted by Crippen LogP contribution is 2.35. The SMILES string of the molecule is Cc1n[nH]nc1C(=O)N1CC(Cc2ccccc2)(C(=O)NCc2ccccn2)C1. The Hall–Kier alpha value is -3.55. The minimum absolute atomic E-state index is 0.0760. The molecule has 1 fully saturated rings. The predicted molar refractivity (Wildman–Crippen MR) is 106 cm³/mol. The zero-order valence-electron chi connectivity index (χ0n) is 16.1. The van der Waals surface area contributed by atoms with Gasteiger partial charge in [-0.1, -0.05) is 36.4 Å². The van der Waals surface area contributed by atoms with Gasteiger partial charge >= 0.3 is 0 Å². The summed E-state index contributed by atoms with van der Waals surface area (Å²) in [5.41, 5.74) is 2.03. The number of amides is 2. The number of carbonyl (C=O) groups is 2. The van der Waals surface area contributed by atoms with Crippen LogP contribution in [0.25, 0.3) is 0 Å². The fourth-order valence-electron chi connectivity index (χ4n) is 3.65. The van der Waals surface area contributed by atoms with Crippen molar-refractivity contribution in [2.45, 2.75) is 19.9 Å². The summed E-state index contributed by atoms with van der Waals surface area (Å²) in [6.45, 7) is 2.75. The van der Waals surface area contributed by atoms with Crippen LogP contribution >= 0.6 is 0 Å². The number of H-pyrrole nitrogens is 1. The first kappa shape index (κ1) is 18.8. The Labute approximate surface area is 168 Å². The Balaban J connectivity index is 1.49. The van der Waals surface area contributed by atoms with E-state index in [2.05, 4.69) is 25.7 Å². The number of carbonyl (C=O) groups excluding carboxylic acids is 2. The lowest BCUT2D eigenvalue weighted by Crippen LogP contribution is -2.65. The van der Waals surface area contributed by atoms with Crippen molar-refractivity contribution < 1.29 is 9.59 Å². The van der Waals surface area contributed by atoms with Crippen molar-refractivity contribution in [2.24, 2.45) is 5.41 Å². The Morgan fingerprint density at radius 3 is 2.52 bits per heavy atom. The summed E-state index contributed by atoms with van der Waals surface area (Å²) in [6, 6.07) is 15.4. The van der Waals surface area contributed by atoms with Gasteiger partial charge in [0.05, 0.1) is 23.3 Å². The number of aromatic amines is 1. The Bertz CT molecular complexity index is 996. The molecular weight excluding hydrogens is 368 g/mol. The molecule has 0 saturated carbocycles. The number of hydrogen-bond donors (Lipinski definition) is 2. The van der Waals surface area contributed by atoms with E-state index in [4.69, 9.17) is 0 Å². The summed E-state index contributed by atoms with van der Waals surface area (Å²) in [4.78, 5) is 31.7. The van der Waals surface area contributed by atoms with Crippen LogP contribution in [0.3, 0.4) is 0 Å². The van der Waals surface area contributed by atoms with E-state index >= 15 is 0 Å². The van der Waals surface area contributed by atoms with E-state index in [-0.39, 0.29) is 11.8 Å². The zero-order chi connectivity index (χ0) is 20.3. The zero-order valence-corrected chi connectivity index (χ0v) is 16.1. The largest absolute Gasteiger partial charge is 0.350 e. The van der Waals surface area contributed by atoms with E-state index < -0.39 is 5.41 Å². The molecule has 1 aliphatic heterocycles. The van der Waals surface area contributed by atoms with Crippen LogP contribution in [0.1, 0.15) is 27.4 Å². The smallest absolute Gasteiger partial charge is 0.276 e. The maximum Gasteiger partial charge on any atom is 0.276 e. The molecule has 8 heteroatoms. The third kappa shape index (κ3) is 3.87. The van der Waals surface area contributed by atoms with Gasteiger partial charge in [0.1, 0.15) is 0 Å². The number of benzene rings is 1. The molecule has 1 aromatic carbocycles. The lowest BCUT2D eigenvalue weighted by atomic mass is 9.73. The van der Waals surface area contributed by atoms with Gasteiger partial charge in [0, 0.05) is 19.3 Å². The average molecular weight is 390 g/mol. The molecule has 2 aromatic heterocycles. The molecule has 2 N–H and O–H groups in total. The number of rotatable bonds is 6. The maximum absolute atomic E-state index is 13.1. The first-order chi connectivity index (χ1) is 14.1. The molecule has 29 heavy (non-hydrogen) atoms. The van der Waals surface area contributed by atoms with Crippen molar-refractivity contribution in [3.05, 3.63) is 77.4 Å². The molecule has 0 bridgehead atoms. The van der Waals surface area contributed by atoms with Crippen LogP contribution in [0.5, 0.6) is 0 Å². The van der Waals surface area contributed by atoms with E-state index in [9.17, 15) is 9.59 Å². The van der Waals surface area contributed by atoms with E-state index in [0.29, 0.717) is 37.4 Å². The van der Waals surface area contributed by atoms with Gasteiger partial charge in [0.15, 0.2) is 5.69 Å². The van der Waals surface area contributed by atoms with E-state index in [1.165, 1.54) is 0 Å². The molecule has 8 nitrogen and oxygen atoms in total. The number of nitrogens with zero attached hydrogens (tertiary/aromatic N) is 4. The highest BCUT2D eigenvalue weighted by atomic mass is 16.2.